The van der Waals surface area contributed by atoms with Gasteiger partial charge in [-0.15, -0.1) is 0 Å². The maximum absolute atomic E-state index is 13.6. The number of amides is 1. The quantitative estimate of drug-likeness (QED) is 0.460. The number of halogens is 1. The van der Waals surface area contributed by atoms with Crippen molar-refractivity contribution in [3.05, 3.63) is 120 Å². The molecule has 3 heterocycles. The second-order valence-corrected chi connectivity index (χ2v) is 9.35. The molecule has 0 saturated heterocycles. The van der Waals surface area contributed by atoms with Crippen LogP contribution in [0.4, 0.5) is 5.69 Å². The van der Waals surface area contributed by atoms with Crippen LogP contribution in [0.5, 0.6) is 0 Å². The molecule has 1 amide bonds. The molecule has 0 saturated carbocycles. The van der Waals surface area contributed by atoms with E-state index >= 15 is 0 Å². The summed E-state index contributed by atoms with van der Waals surface area (Å²) < 4.78 is 7.96. The zero-order valence-electron chi connectivity index (χ0n) is 18.4. The zero-order valence-corrected chi connectivity index (χ0v) is 20.0. The van der Waals surface area contributed by atoms with Gasteiger partial charge in [0, 0.05) is 10.7 Å². The minimum Gasteiger partial charge on any atom is -0.464 e. The lowest BCUT2D eigenvalue weighted by Gasteiger charge is -2.23. The lowest BCUT2D eigenvalue weighted by Crippen LogP contribution is -2.40. The van der Waals surface area contributed by atoms with Gasteiger partial charge in [0.2, 0.25) is 0 Å². The van der Waals surface area contributed by atoms with E-state index in [1.807, 2.05) is 43.3 Å². The van der Waals surface area contributed by atoms with Crippen LogP contribution in [-0.4, -0.2) is 10.5 Å². The van der Waals surface area contributed by atoms with Crippen LogP contribution >= 0.6 is 22.9 Å². The molecule has 0 bridgehead atoms. The molecule has 170 valence electrons. The second-order valence-electron chi connectivity index (χ2n) is 7.90. The fraction of sp³-hybridized carbons (Fsp3) is 0.115. The number of hydrogen-bond acceptors (Lipinski definition) is 5. The first-order valence-corrected chi connectivity index (χ1v) is 11.8. The summed E-state index contributed by atoms with van der Waals surface area (Å²) in [5.74, 6) is 0.860. The summed E-state index contributed by atoms with van der Waals surface area (Å²) in [6, 6.07) is 19.3. The van der Waals surface area contributed by atoms with Gasteiger partial charge in [0.25, 0.3) is 11.5 Å². The molecule has 2 aromatic heterocycles. The molecule has 34 heavy (non-hydrogen) atoms. The molecule has 2 aromatic carbocycles. The maximum atomic E-state index is 13.6. The van der Waals surface area contributed by atoms with Gasteiger partial charge >= 0.3 is 0 Å². The number of rotatable bonds is 4. The third kappa shape index (κ3) is 4.16. The van der Waals surface area contributed by atoms with Crippen molar-refractivity contribution in [3.8, 4) is 0 Å². The molecule has 1 N–H and O–H groups in total. The number of aromatic nitrogens is 1. The first kappa shape index (κ1) is 22.1. The predicted molar refractivity (Wildman–Crippen MR) is 134 cm³/mol. The number of benzene rings is 2. The Morgan fingerprint density at radius 2 is 1.82 bits per heavy atom. The molecular weight excluding hydrogens is 470 g/mol. The molecule has 1 atom stereocenters. The number of nitrogens with one attached hydrogen (secondary N) is 1. The van der Waals surface area contributed by atoms with E-state index in [1.54, 1.807) is 43.3 Å². The maximum Gasteiger partial charge on any atom is 0.271 e. The van der Waals surface area contributed by atoms with E-state index in [0.29, 0.717) is 42.8 Å². The molecule has 6 nitrogen and oxygen atoms in total. The Morgan fingerprint density at radius 3 is 2.50 bits per heavy atom. The van der Waals surface area contributed by atoms with Gasteiger partial charge in [-0.2, -0.15) is 0 Å². The Bertz CT molecular complexity index is 1600. The number of allylic oxidation sites excluding steroid dienone is 1. The van der Waals surface area contributed by atoms with Crippen molar-refractivity contribution in [1.29, 1.82) is 0 Å². The molecule has 1 aliphatic heterocycles. The van der Waals surface area contributed by atoms with Crippen molar-refractivity contribution in [2.45, 2.75) is 19.9 Å². The highest BCUT2D eigenvalue weighted by Crippen LogP contribution is 2.31. The number of aryl methyl sites for hydroxylation is 1. The van der Waals surface area contributed by atoms with Gasteiger partial charge in [-0.05, 0) is 61.9 Å². The summed E-state index contributed by atoms with van der Waals surface area (Å²) in [7, 11) is 0. The molecule has 0 aliphatic carbocycles. The summed E-state index contributed by atoms with van der Waals surface area (Å²) >= 11 is 7.27. The third-order valence-corrected chi connectivity index (χ3v) is 6.73. The van der Waals surface area contributed by atoms with E-state index in [4.69, 9.17) is 16.0 Å². The second kappa shape index (κ2) is 8.93. The lowest BCUT2D eigenvalue weighted by atomic mass is 10.00. The first-order valence-electron chi connectivity index (χ1n) is 10.6. The number of anilines is 1. The normalized spacial score (nSPS) is 15.7. The van der Waals surface area contributed by atoms with Gasteiger partial charge < -0.3 is 9.73 Å². The van der Waals surface area contributed by atoms with Crippen LogP contribution in [0.1, 0.15) is 30.0 Å². The molecule has 5 rings (SSSR count). The van der Waals surface area contributed by atoms with Crippen LogP contribution in [0.3, 0.4) is 0 Å². The van der Waals surface area contributed by atoms with Gasteiger partial charge in [-0.1, -0.05) is 53.3 Å². The van der Waals surface area contributed by atoms with Crippen molar-refractivity contribution in [2.75, 3.05) is 5.32 Å². The van der Waals surface area contributed by atoms with Crippen molar-refractivity contribution in [1.82, 2.24) is 4.57 Å². The molecule has 8 heteroatoms. The Balaban J connectivity index is 1.66. The van der Waals surface area contributed by atoms with Crippen LogP contribution in [-0.2, 0) is 4.79 Å². The zero-order chi connectivity index (χ0) is 23.8. The van der Waals surface area contributed by atoms with Crippen LogP contribution in [0.15, 0.2) is 92.2 Å². The topological polar surface area (TPSA) is 76.6 Å². The third-order valence-electron chi connectivity index (χ3n) is 5.50. The number of fused-ring (bicyclic) bond motifs is 1. The summed E-state index contributed by atoms with van der Waals surface area (Å²) in [6.07, 6.45) is 1.80. The number of hydrogen-bond donors (Lipinski definition) is 1. The number of furan rings is 1. The van der Waals surface area contributed by atoms with Crippen molar-refractivity contribution < 1.29 is 9.21 Å². The van der Waals surface area contributed by atoms with Gasteiger partial charge in [0.1, 0.15) is 17.6 Å². The van der Waals surface area contributed by atoms with E-state index in [1.165, 1.54) is 15.9 Å². The van der Waals surface area contributed by atoms with Gasteiger partial charge in [-0.25, -0.2) is 4.99 Å². The summed E-state index contributed by atoms with van der Waals surface area (Å²) in [5, 5.41) is 3.54. The lowest BCUT2D eigenvalue weighted by molar-refractivity contribution is -0.113. The molecule has 1 aliphatic rings. The first-order chi connectivity index (χ1) is 16.4. The Kier molecular flexibility index (Phi) is 5.81. The predicted octanol–water partition coefficient (Wildman–Crippen LogP) is 4.43. The Morgan fingerprint density at radius 1 is 1.09 bits per heavy atom. The van der Waals surface area contributed by atoms with Crippen molar-refractivity contribution in [2.24, 2.45) is 4.99 Å². The number of nitrogens with zero attached hydrogens (tertiary/aromatic N) is 2. The number of para-hydroxylation sites is 1. The van der Waals surface area contributed by atoms with Gasteiger partial charge in [0.15, 0.2) is 4.80 Å². The monoisotopic (exact) mass is 489 g/mol. The molecule has 0 unspecified atom stereocenters. The highest BCUT2D eigenvalue weighted by Gasteiger charge is 2.34. The van der Waals surface area contributed by atoms with Crippen LogP contribution in [0, 0.1) is 6.92 Å². The van der Waals surface area contributed by atoms with E-state index in [2.05, 4.69) is 10.3 Å². The number of carbonyl (C=O) groups excluding carboxylic acids is 1. The highest BCUT2D eigenvalue weighted by atomic mass is 35.5. The van der Waals surface area contributed by atoms with Crippen LogP contribution < -0.4 is 20.2 Å². The standard InChI is InChI=1S/C26H20ClN3O3S/c1-15-8-13-20(33-15)23-22(24(31)29-19-6-4-3-5-7-19)16(2)28-26-30(23)25(32)21(34-26)14-17-9-11-18(27)12-10-17/h3-14,23H,1-2H3,(H,29,31)/b21-14-/t23-/m1/s1. The Hall–Kier alpha value is -3.68. The fourth-order valence-electron chi connectivity index (χ4n) is 3.91. The van der Waals surface area contributed by atoms with Gasteiger partial charge in [0.05, 0.1) is 15.8 Å². The van der Waals surface area contributed by atoms with E-state index in [-0.39, 0.29) is 11.5 Å². The summed E-state index contributed by atoms with van der Waals surface area (Å²) in [4.78, 5) is 32.1. The number of thiazole rings is 1. The molecule has 0 fully saturated rings. The summed E-state index contributed by atoms with van der Waals surface area (Å²) in [6.45, 7) is 3.60. The minimum atomic E-state index is -0.735. The van der Waals surface area contributed by atoms with E-state index in [0.717, 1.165) is 5.56 Å². The van der Waals surface area contributed by atoms with Crippen molar-refractivity contribution >= 4 is 40.6 Å². The van der Waals surface area contributed by atoms with E-state index in [9.17, 15) is 9.59 Å². The average Bonchev–Trinajstić information content (AvgIpc) is 3.38. The highest BCUT2D eigenvalue weighted by molar-refractivity contribution is 7.07. The van der Waals surface area contributed by atoms with E-state index < -0.39 is 6.04 Å². The smallest absolute Gasteiger partial charge is 0.271 e. The molecule has 4 aromatic rings. The summed E-state index contributed by atoms with van der Waals surface area (Å²) in [5.41, 5.74) is 2.16. The average molecular weight is 490 g/mol. The SMILES string of the molecule is CC1=C(C(=O)Nc2ccccc2)[C@@H](c2ccc(C)o2)n2c(s/c(=C\c3ccc(Cl)cc3)c2=O)=N1. The molecular formula is C26H20ClN3O3S. The van der Waals surface area contributed by atoms with Crippen LogP contribution in [0.2, 0.25) is 5.02 Å². The fourth-order valence-corrected chi connectivity index (χ4v) is 5.08. The largest absolute Gasteiger partial charge is 0.464 e. The van der Waals surface area contributed by atoms with Crippen molar-refractivity contribution in [3.63, 3.8) is 0 Å². The molecule has 0 spiro atoms. The van der Waals surface area contributed by atoms with Crippen LogP contribution in [0.25, 0.3) is 6.08 Å². The Labute approximate surface area is 204 Å². The molecule has 0 radical (unpaired) electrons. The minimum absolute atomic E-state index is 0.240. The van der Waals surface area contributed by atoms with Gasteiger partial charge in [-0.3, -0.25) is 14.2 Å². The number of carbonyl (C=O) groups is 1.